The highest BCUT2D eigenvalue weighted by atomic mass is 16.4. The van der Waals surface area contributed by atoms with Crippen LogP contribution in [0.25, 0.3) is 0 Å². The van der Waals surface area contributed by atoms with E-state index in [1.165, 1.54) is 7.05 Å². The number of amides is 2. The Balaban J connectivity index is 4.03. The third-order valence-corrected chi connectivity index (χ3v) is 2.43. The van der Waals surface area contributed by atoms with E-state index < -0.39 is 12.0 Å². The van der Waals surface area contributed by atoms with Gasteiger partial charge in [0.2, 0.25) is 11.8 Å². The number of hydrogen-bond donors (Lipinski definition) is 3. The lowest BCUT2D eigenvalue weighted by Gasteiger charge is -2.16. The average Bonchev–Trinajstić information content (AvgIpc) is 2.27. The van der Waals surface area contributed by atoms with Gasteiger partial charge in [-0.15, -0.1) is 0 Å². The van der Waals surface area contributed by atoms with Gasteiger partial charge in [-0.1, -0.05) is 13.8 Å². The summed E-state index contributed by atoms with van der Waals surface area (Å²) in [6.07, 6.45) is 1.25. The van der Waals surface area contributed by atoms with E-state index in [0.717, 1.165) is 0 Å². The van der Waals surface area contributed by atoms with Crippen LogP contribution in [0, 0.1) is 5.92 Å². The Labute approximate surface area is 107 Å². The van der Waals surface area contributed by atoms with Crippen LogP contribution in [0.15, 0.2) is 0 Å². The quantitative estimate of drug-likeness (QED) is 0.591. The fraction of sp³-hybridized carbons (Fsp3) is 0.750. The molecule has 104 valence electrons. The summed E-state index contributed by atoms with van der Waals surface area (Å²) in [5.74, 6) is -1.28. The normalized spacial score (nSPS) is 12.0. The lowest BCUT2D eigenvalue weighted by molar-refractivity contribution is -0.142. The molecule has 0 rings (SSSR count). The molecule has 0 aromatic rings. The summed E-state index contributed by atoms with van der Waals surface area (Å²) in [5, 5.41) is 13.9. The molecule has 0 saturated heterocycles. The molecule has 0 aliphatic rings. The van der Waals surface area contributed by atoms with Crippen molar-refractivity contribution >= 4 is 17.8 Å². The number of nitrogens with one attached hydrogen (secondary N) is 2. The first-order chi connectivity index (χ1) is 8.36. The SMILES string of the molecule is CNC(=O)CCCC(=O)N[C@@H](CC(C)C)C(=O)O. The van der Waals surface area contributed by atoms with Crippen LogP contribution in [0.4, 0.5) is 0 Å². The zero-order valence-electron chi connectivity index (χ0n) is 11.2. The van der Waals surface area contributed by atoms with E-state index in [0.29, 0.717) is 12.8 Å². The molecule has 0 radical (unpaired) electrons. The van der Waals surface area contributed by atoms with Gasteiger partial charge < -0.3 is 15.7 Å². The van der Waals surface area contributed by atoms with Crippen molar-refractivity contribution in [2.24, 2.45) is 5.92 Å². The van der Waals surface area contributed by atoms with Gasteiger partial charge in [0, 0.05) is 19.9 Å². The number of hydrogen-bond acceptors (Lipinski definition) is 3. The predicted octanol–water partition coefficient (Wildman–Crippen LogP) is 0.518. The molecule has 0 spiro atoms. The summed E-state index contributed by atoms with van der Waals surface area (Å²) in [6, 6.07) is -0.850. The smallest absolute Gasteiger partial charge is 0.326 e. The molecule has 0 heterocycles. The van der Waals surface area contributed by atoms with Gasteiger partial charge >= 0.3 is 5.97 Å². The summed E-state index contributed by atoms with van der Waals surface area (Å²) in [7, 11) is 1.53. The molecule has 0 unspecified atom stereocenters. The van der Waals surface area contributed by atoms with Crippen molar-refractivity contribution in [3.05, 3.63) is 0 Å². The summed E-state index contributed by atoms with van der Waals surface area (Å²) >= 11 is 0. The fourth-order valence-electron chi connectivity index (χ4n) is 1.49. The molecular weight excluding hydrogens is 236 g/mol. The summed E-state index contributed by atoms with van der Waals surface area (Å²) in [5.41, 5.74) is 0. The Morgan fingerprint density at radius 1 is 1.11 bits per heavy atom. The third-order valence-electron chi connectivity index (χ3n) is 2.43. The Kier molecular flexibility index (Phi) is 7.74. The van der Waals surface area contributed by atoms with E-state index in [1.54, 1.807) is 0 Å². The molecule has 18 heavy (non-hydrogen) atoms. The van der Waals surface area contributed by atoms with Gasteiger partial charge in [-0.2, -0.15) is 0 Å². The average molecular weight is 258 g/mol. The predicted molar refractivity (Wildman–Crippen MR) is 66.9 cm³/mol. The van der Waals surface area contributed by atoms with E-state index >= 15 is 0 Å². The largest absolute Gasteiger partial charge is 0.480 e. The van der Waals surface area contributed by atoms with E-state index in [9.17, 15) is 14.4 Å². The molecule has 0 fully saturated rings. The van der Waals surface area contributed by atoms with Crippen molar-refractivity contribution in [2.45, 2.75) is 45.6 Å². The van der Waals surface area contributed by atoms with Crippen molar-refractivity contribution in [3.63, 3.8) is 0 Å². The highest BCUT2D eigenvalue weighted by Gasteiger charge is 2.20. The second kappa shape index (κ2) is 8.49. The van der Waals surface area contributed by atoms with E-state index in [1.807, 2.05) is 13.8 Å². The van der Waals surface area contributed by atoms with Gasteiger partial charge in [-0.25, -0.2) is 4.79 Å². The molecule has 0 aromatic heterocycles. The molecule has 6 heteroatoms. The summed E-state index contributed by atoms with van der Waals surface area (Å²) in [6.45, 7) is 3.79. The number of aliphatic carboxylic acids is 1. The van der Waals surface area contributed by atoms with Crippen LogP contribution in [0.1, 0.15) is 39.5 Å². The maximum absolute atomic E-state index is 11.5. The molecule has 0 saturated carbocycles. The first-order valence-corrected chi connectivity index (χ1v) is 6.09. The van der Waals surface area contributed by atoms with E-state index in [2.05, 4.69) is 10.6 Å². The summed E-state index contributed by atoms with van der Waals surface area (Å²) in [4.78, 5) is 33.4. The third kappa shape index (κ3) is 7.65. The Bertz CT molecular complexity index is 302. The lowest BCUT2D eigenvalue weighted by atomic mass is 10.0. The molecule has 2 amide bonds. The first kappa shape index (κ1) is 16.4. The highest BCUT2D eigenvalue weighted by Crippen LogP contribution is 2.06. The van der Waals surface area contributed by atoms with Gasteiger partial charge in [0.1, 0.15) is 6.04 Å². The maximum atomic E-state index is 11.5. The molecule has 0 aliphatic carbocycles. The number of carbonyl (C=O) groups is 3. The van der Waals surface area contributed by atoms with Crippen LogP contribution in [0.5, 0.6) is 0 Å². The van der Waals surface area contributed by atoms with E-state index in [4.69, 9.17) is 5.11 Å². The Morgan fingerprint density at radius 2 is 1.67 bits per heavy atom. The van der Waals surface area contributed by atoms with Crippen LogP contribution < -0.4 is 10.6 Å². The monoisotopic (exact) mass is 258 g/mol. The van der Waals surface area contributed by atoms with Crippen molar-refractivity contribution < 1.29 is 19.5 Å². The minimum Gasteiger partial charge on any atom is -0.480 e. The molecule has 0 bridgehead atoms. The number of carboxylic acid groups (broad SMARTS) is 1. The van der Waals surface area contributed by atoms with Crippen LogP contribution in [-0.2, 0) is 14.4 Å². The van der Waals surface area contributed by atoms with Gasteiger partial charge in [0.25, 0.3) is 0 Å². The molecule has 0 aromatic carbocycles. The Morgan fingerprint density at radius 3 is 2.11 bits per heavy atom. The van der Waals surface area contributed by atoms with Crippen LogP contribution >= 0.6 is 0 Å². The van der Waals surface area contributed by atoms with Gasteiger partial charge in [0.05, 0.1) is 0 Å². The van der Waals surface area contributed by atoms with Crippen LogP contribution in [0.2, 0.25) is 0 Å². The fourth-order valence-corrected chi connectivity index (χ4v) is 1.49. The number of carbonyl (C=O) groups excluding carboxylic acids is 2. The van der Waals surface area contributed by atoms with E-state index in [-0.39, 0.29) is 30.6 Å². The van der Waals surface area contributed by atoms with Crippen molar-refractivity contribution in [1.82, 2.24) is 10.6 Å². The highest BCUT2D eigenvalue weighted by molar-refractivity contribution is 5.84. The van der Waals surface area contributed by atoms with Gasteiger partial charge in [-0.05, 0) is 18.8 Å². The van der Waals surface area contributed by atoms with Crippen molar-refractivity contribution in [1.29, 1.82) is 0 Å². The molecule has 3 N–H and O–H groups in total. The second-order valence-corrected chi connectivity index (χ2v) is 4.61. The zero-order valence-corrected chi connectivity index (χ0v) is 11.2. The minimum absolute atomic E-state index is 0.125. The number of rotatable bonds is 8. The number of carboxylic acids is 1. The summed E-state index contributed by atoms with van der Waals surface area (Å²) < 4.78 is 0. The second-order valence-electron chi connectivity index (χ2n) is 4.61. The Hall–Kier alpha value is -1.59. The van der Waals surface area contributed by atoms with Crippen LogP contribution in [-0.4, -0.2) is 36.0 Å². The molecule has 1 atom stereocenters. The maximum Gasteiger partial charge on any atom is 0.326 e. The van der Waals surface area contributed by atoms with Crippen molar-refractivity contribution in [3.8, 4) is 0 Å². The topological polar surface area (TPSA) is 95.5 Å². The first-order valence-electron chi connectivity index (χ1n) is 6.09. The van der Waals surface area contributed by atoms with Gasteiger partial charge in [-0.3, -0.25) is 9.59 Å². The lowest BCUT2D eigenvalue weighted by Crippen LogP contribution is -2.41. The van der Waals surface area contributed by atoms with Crippen molar-refractivity contribution in [2.75, 3.05) is 7.05 Å². The minimum atomic E-state index is -1.02. The molecule has 0 aliphatic heterocycles. The molecular formula is C12H22N2O4. The molecule has 6 nitrogen and oxygen atoms in total. The van der Waals surface area contributed by atoms with Crippen LogP contribution in [0.3, 0.4) is 0 Å². The standard InChI is InChI=1S/C12H22N2O4/c1-8(2)7-9(12(17)18)14-11(16)6-4-5-10(15)13-3/h8-9H,4-7H2,1-3H3,(H,13,15)(H,14,16)(H,17,18)/t9-/m0/s1. The zero-order chi connectivity index (χ0) is 14.1. The van der Waals surface area contributed by atoms with Gasteiger partial charge in [0.15, 0.2) is 0 Å².